The molecule has 1 heterocycles. The molecule has 0 unspecified atom stereocenters. The zero-order valence-corrected chi connectivity index (χ0v) is 10.9. The van der Waals surface area contributed by atoms with Crippen molar-refractivity contribution < 1.29 is 13.6 Å². The lowest BCUT2D eigenvalue weighted by Crippen LogP contribution is -2.02. The number of alkyl halides is 2. The van der Waals surface area contributed by atoms with Gasteiger partial charge >= 0.3 is 0 Å². The maximum Gasteiger partial charge on any atom is 0.282 e. The van der Waals surface area contributed by atoms with E-state index in [9.17, 15) is 13.6 Å². The van der Waals surface area contributed by atoms with Crippen LogP contribution in [0.4, 0.5) is 8.78 Å². The molecule has 1 aromatic carbocycles. The molecule has 2 rings (SSSR count). The molecule has 19 heavy (non-hydrogen) atoms. The van der Waals surface area contributed by atoms with Crippen molar-refractivity contribution in [3.05, 3.63) is 51.8 Å². The van der Waals surface area contributed by atoms with E-state index in [1.54, 1.807) is 0 Å². The van der Waals surface area contributed by atoms with Gasteiger partial charge in [0.2, 0.25) is 0 Å². The highest BCUT2D eigenvalue weighted by molar-refractivity contribution is 6.32. The monoisotopic (exact) mass is 284 g/mol. The highest BCUT2D eigenvalue weighted by atomic mass is 35.5. The smallest absolute Gasteiger partial charge is 0.282 e. The van der Waals surface area contributed by atoms with E-state index in [1.807, 2.05) is 31.2 Å². The third kappa shape index (κ3) is 2.81. The van der Waals surface area contributed by atoms with Crippen LogP contribution in [0.5, 0.6) is 0 Å². The van der Waals surface area contributed by atoms with Gasteiger partial charge in [0.1, 0.15) is 10.8 Å². The second-order valence-electron chi connectivity index (χ2n) is 4.15. The summed E-state index contributed by atoms with van der Waals surface area (Å²) in [5, 5.41) is 3.64. The van der Waals surface area contributed by atoms with Crippen LogP contribution >= 0.6 is 11.6 Å². The minimum absolute atomic E-state index is 0.0640. The Bertz CT molecular complexity index is 593. The first-order valence-corrected chi connectivity index (χ1v) is 5.95. The van der Waals surface area contributed by atoms with Gasteiger partial charge in [-0.25, -0.2) is 13.5 Å². The molecule has 3 nitrogen and oxygen atoms in total. The molecule has 0 radical (unpaired) electrons. The summed E-state index contributed by atoms with van der Waals surface area (Å²) in [5.41, 5.74) is 1.14. The minimum atomic E-state index is -2.82. The Labute approximate surface area is 113 Å². The first-order valence-electron chi connectivity index (χ1n) is 5.58. The van der Waals surface area contributed by atoms with Crippen molar-refractivity contribution in [2.45, 2.75) is 19.9 Å². The van der Waals surface area contributed by atoms with Gasteiger partial charge in [0, 0.05) is 0 Å². The highest BCUT2D eigenvalue weighted by Crippen LogP contribution is 2.27. The highest BCUT2D eigenvalue weighted by Gasteiger charge is 2.22. The van der Waals surface area contributed by atoms with E-state index in [4.69, 9.17) is 11.6 Å². The van der Waals surface area contributed by atoms with Crippen LogP contribution in [-0.4, -0.2) is 16.1 Å². The van der Waals surface area contributed by atoms with Crippen molar-refractivity contribution in [1.29, 1.82) is 0 Å². The molecule has 0 aliphatic heterocycles. The lowest BCUT2D eigenvalue weighted by Gasteiger charge is -2.04. The fourth-order valence-corrected chi connectivity index (χ4v) is 1.95. The van der Waals surface area contributed by atoms with Crippen LogP contribution in [0.2, 0.25) is 5.15 Å². The number of halogens is 3. The molecule has 100 valence electrons. The summed E-state index contributed by atoms with van der Waals surface area (Å²) in [6.07, 6.45) is -2.51. The van der Waals surface area contributed by atoms with Crippen molar-refractivity contribution in [3.63, 3.8) is 0 Å². The van der Waals surface area contributed by atoms with Crippen LogP contribution < -0.4 is 0 Å². The molecular weight excluding hydrogens is 274 g/mol. The molecule has 0 saturated heterocycles. The average molecular weight is 285 g/mol. The number of hydrogen-bond donors (Lipinski definition) is 0. The average Bonchev–Trinajstić information content (AvgIpc) is 2.69. The maximum atomic E-state index is 12.7. The molecule has 0 amide bonds. The molecule has 0 N–H and O–H groups in total. The number of hydrogen-bond acceptors (Lipinski definition) is 2. The summed E-state index contributed by atoms with van der Waals surface area (Å²) in [4.78, 5) is 10.8. The Kier molecular flexibility index (Phi) is 3.95. The fourth-order valence-electron chi connectivity index (χ4n) is 1.71. The van der Waals surface area contributed by atoms with Crippen LogP contribution in [0.3, 0.4) is 0 Å². The quantitative estimate of drug-likeness (QED) is 0.803. The normalized spacial score (nSPS) is 11.0. The molecule has 6 heteroatoms. The number of carbonyl (C=O) groups is 1. The minimum Gasteiger partial charge on any atom is -0.298 e. The van der Waals surface area contributed by atoms with Gasteiger partial charge in [0.05, 0.1) is 12.1 Å². The van der Waals surface area contributed by atoms with Gasteiger partial charge in [-0.05, 0) is 12.5 Å². The van der Waals surface area contributed by atoms with Gasteiger partial charge in [-0.2, -0.15) is 5.10 Å². The topological polar surface area (TPSA) is 34.9 Å². The SMILES string of the molecule is Cc1ccc(Cn2nc(C(F)F)c(C=O)c2Cl)cc1. The zero-order chi connectivity index (χ0) is 14.0. The summed E-state index contributed by atoms with van der Waals surface area (Å²) in [5.74, 6) is 0. The second-order valence-corrected chi connectivity index (χ2v) is 4.51. The summed E-state index contributed by atoms with van der Waals surface area (Å²) in [6.45, 7) is 2.19. The van der Waals surface area contributed by atoms with Crippen LogP contribution in [0.1, 0.15) is 33.6 Å². The predicted octanol–water partition coefficient (Wildman–Crippen LogP) is 3.64. The third-order valence-corrected chi connectivity index (χ3v) is 3.13. The number of rotatable bonds is 4. The van der Waals surface area contributed by atoms with Crippen molar-refractivity contribution in [1.82, 2.24) is 9.78 Å². The molecule has 0 atom stereocenters. The van der Waals surface area contributed by atoms with E-state index < -0.39 is 12.1 Å². The number of benzene rings is 1. The first kappa shape index (κ1) is 13.7. The van der Waals surface area contributed by atoms with Crippen molar-refractivity contribution in [3.8, 4) is 0 Å². The van der Waals surface area contributed by atoms with Gasteiger partial charge in [0.25, 0.3) is 6.43 Å². The predicted molar refractivity (Wildman–Crippen MR) is 67.9 cm³/mol. The van der Waals surface area contributed by atoms with E-state index in [1.165, 1.54) is 4.68 Å². The van der Waals surface area contributed by atoms with Gasteiger partial charge in [-0.3, -0.25) is 4.79 Å². The fraction of sp³-hybridized carbons (Fsp3) is 0.231. The van der Waals surface area contributed by atoms with Gasteiger partial charge in [0.15, 0.2) is 6.29 Å². The summed E-state index contributed by atoms with van der Waals surface area (Å²) < 4.78 is 26.6. The molecule has 0 bridgehead atoms. The van der Waals surface area contributed by atoms with Gasteiger partial charge < -0.3 is 0 Å². The number of aldehydes is 1. The Hall–Kier alpha value is -1.75. The van der Waals surface area contributed by atoms with Crippen LogP contribution in [-0.2, 0) is 6.54 Å². The number of aromatic nitrogens is 2. The first-order chi connectivity index (χ1) is 9.02. The Morgan fingerprint density at radius 1 is 1.37 bits per heavy atom. The van der Waals surface area contributed by atoms with Crippen molar-refractivity contribution >= 4 is 17.9 Å². The Morgan fingerprint density at radius 2 is 2.00 bits per heavy atom. The lowest BCUT2D eigenvalue weighted by molar-refractivity contribution is 0.110. The molecule has 0 aliphatic rings. The summed E-state index contributed by atoms with van der Waals surface area (Å²) in [7, 11) is 0. The summed E-state index contributed by atoms with van der Waals surface area (Å²) in [6, 6.07) is 7.52. The second kappa shape index (κ2) is 5.48. The van der Waals surface area contributed by atoms with Gasteiger partial charge in [-0.1, -0.05) is 41.4 Å². The molecule has 0 fully saturated rings. The molecule has 2 aromatic rings. The van der Waals surface area contributed by atoms with E-state index in [0.29, 0.717) is 6.29 Å². The van der Waals surface area contributed by atoms with Gasteiger partial charge in [-0.15, -0.1) is 0 Å². The van der Waals surface area contributed by atoms with E-state index >= 15 is 0 Å². The van der Waals surface area contributed by atoms with Crippen LogP contribution in [0.15, 0.2) is 24.3 Å². The third-order valence-electron chi connectivity index (χ3n) is 2.73. The summed E-state index contributed by atoms with van der Waals surface area (Å²) >= 11 is 5.89. The Morgan fingerprint density at radius 3 is 2.47 bits per heavy atom. The molecule has 0 aliphatic carbocycles. The van der Waals surface area contributed by atoms with E-state index in [0.717, 1.165) is 11.1 Å². The maximum absolute atomic E-state index is 12.7. The van der Waals surface area contributed by atoms with Crippen LogP contribution in [0.25, 0.3) is 0 Å². The number of aryl methyl sites for hydroxylation is 1. The number of carbonyl (C=O) groups excluding carboxylic acids is 1. The largest absolute Gasteiger partial charge is 0.298 e. The standard InChI is InChI=1S/C13H11ClF2N2O/c1-8-2-4-9(5-3-8)6-18-12(14)10(7-19)11(17-18)13(15)16/h2-5,7,13H,6H2,1H3. The van der Waals surface area contributed by atoms with Crippen molar-refractivity contribution in [2.75, 3.05) is 0 Å². The van der Waals surface area contributed by atoms with Crippen LogP contribution in [0, 0.1) is 6.92 Å². The Balaban J connectivity index is 2.35. The molecule has 0 saturated carbocycles. The van der Waals surface area contributed by atoms with Crippen molar-refractivity contribution in [2.24, 2.45) is 0 Å². The lowest BCUT2D eigenvalue weighted by atomic mass is 10.1. The zero-order valence-electron chi connectivity index (χ0n) is 10.1. The molecular formula is C13H11ClF2N2O. The number of nitrogens with zero attached hydrogens (tertiary/aromatic N) is 2. The molecule has 0 spiro atoms. The molecule has 1 aromatic heterocycles. The van der Waals surface area contributed by atoms with E-state index in [2.05, 4.69) is 5.10 Å². The van der Waals surface area contributed by atoms with E-state index in [-0.39, 0.29) is 17.3 Å².